The van der Waals surface area contributed by atoms with Gasteiger partial charge in [0.1, 0.15) is 5.15 Å². The van der Waals surface area contributed by atoms with Crippen molar-refractivity contribution >= 4 is 40.5 Å². The van der Waals surface area contributed by atoms with E-state index in [1.807, 2.05) is 29.0 Å². The standard InChI is InChI=1S/C15H20Cl2N4S/c1-4-11-5-6-12(22-11)9-20-15(18-2)19-8-10-7-13(16)14(17)21(10)3/h5-7H,4,8-9H2,1-3H3,(H2,18,19,20). The van der Waals surface area contributed by atoms with E-state index in [0.29, 0.717) is 16.7 Å². The van der Waals surface area contributed by atoms with Crippen molar-refractivity contribution in [1.82, 2.24) is 15.2 Å². The van der Waals surface area contributed by atoms with Crippen molar-refractivity contribution in [3.05, 3.63) is 43.8 Å². The topological polar surface area (TPSA) is 41.4 Å². The van der Waals surface area contributed by atoms with Crippen molar-refractivity contribution in [2.45, 2.75) is 26.4 Å². The fourth-order valence-corrected chi connectivity index (χ4v) is 3.35. The number of thiophene rings is 1. The van der Waals surface area contributed by atoms with Gasteiger partial charge >= 0.3 is 0 Å². The molecule has 0 fully saturated rings. The Kier molecular flexibility index (Phi) is 6.17. The van der Waals surface area contributed by atoms with Crippen molar-refractivity contribution in [2.75, 3.05) is 7.05 Å². The molecular formula is C15H20Cl2N4S. The molecule has 0 aromatic carbocycles. The number of nitrogens with one attached hydrogen (secondary N) is 2. The zero-order chi connectivity index (χ0) is 16.1. The van der Waals surface area contributed by atoms with Crippen LogP contribution in [0.3, 0.4) is 0 Å². The Hall–Kier alpha value is -1.17. The molecule has 0 atom stereocenters. The summed E-state index contributed by atoms with van der Waals surface area (Å²) in [6.45, 7) is 3.53. The molecule has 2 N–H and O–H groups in total. The van der Waals surface area contributed by atoms with E-state index in [9.17, 15) is 0 Å². The number of halogens is 2. The predicted molar refractivity (Wildman–Crippen MR) is 96.2 cm³/mol. The molecule has 4 nitrogen and oxygen atoms in total. The summed E-state index contributed by atoms with van der Waals surface area (Å²) in [7, 11) is 3.64. The summed E-state index contributed by atoms with van der Waals surface area (Å²) < 4.78 is 1.86. The van der Waals surface area contributed by atoms with E-state index in [2.05, 4.69) is 34.7 Å². The molecule has 2 heterocycles. The van der Waals surface area contributed by atoms with Gasteiger partial charge in [-0.15, -0.1) is 11.3 Å². The van der Waals surface area contributed by atoms with Gasteiger partial charge in [-0.2, -0.15) is 0 Å². The number of hydrogen-bond acceptors (Lipinski definition) is 2. The Morgan fingerprint density at radius 2 is 1.91 bits per heavy atom. The van der Waals surface area contributed by atoms with Gasteiger partial charge in [0, 0.05) is 29.5 Å². The normalized spacial score (nSPS) is 11.8. The number of aliphatic imine (C=N–C) groups is 1. The molecule has 2 rings (SSSR count). The number of guanidine groups is 1. The summed E-state index contributed by atoms with van der Waals surface area (Å²) in [6, 6.07) is 6.18. The monoisotopic (exact) mass is 358 g/mol. The van der Waals surface area contributed by atoms with Crippen LogP contribution in [0.5, 0.6) is 0 Å². The number of hydrogen-bond donors (Lipinski definition) is 2. The Bertz CT molecular complexity index is 661. The highest BCUT2D eigenvalue weighted by atomic mass is 35.5. The van der Waals surface area contributed by atoms with Gasteiger partial charge in [-0.3, -0.25) is 4.99 Å². The van der Waals surface area contributed by atoms with Crippen LogP contribution in [0.1, 0.15) is 22.4 Å². The van der Waals surface area contributed by atoms with Gasteiger partial charge in [-0.05, 0) is 24.6 Å². The molecule has 0 saturated heterocycles. The predicted octanol–water partition coefficient (Wildman–Crippen LogP) is 3.82. The van der Waals surface area contributed by atoms with Crippen LogP contribution in [0.2, 0.25) is 10.2 Å². The molecule has 0 aliphatic carbocycles. The molecule has 0 aliphatic rings. The lowest BCUT2D eigenvalue weighted by Gasteiger charge is -2.11. The van der Waals surface area contributed by atoms with Crippen molar-refractivity contribution in [3.8, 4) is 0 Å². The highest BCUT2D eigenvalue weighted by Crippen LogP contribution is 2.24. The maximum atomic E-state index is 6.06. The van der Waals surface area contributed by atoms with Crippen LogP contribution in [0.4, 0.5) is 0 Å². The number of nitrogens with zero attached hydrogens (tertiary/aromatic N) is 2. The Labute approximate surface area is 145 Å². The first-order chi connectivity index (χ1) is 10.5. The molecule has 0 unspecified atom stereocenters. The molecule has 2 aromatic heterocycles. The van der Waals surface area contributed by atoms with Crippen molar-refractivity contribution in [3.63, 3.8) is 0 Å². The summed E-state index contributed by atoms with van der Waals surface area (Å²) in [5, 5.41) is 7.68. The summed E-state index contributed by atoms with van der Waals surface area (Å²) >= 11 is 13.9. The number of aromatic nitrogens is 1. The third kappa shape index (κ3) is 4.18. The first-order valence-corrected chi connectivity index (χ1v) is 8.64. The molecule has 22 heavy (non-hydrogen) atoms. The molecule has 120 valence electrons. The molecule has 0 saturated carbocycles. The van der Waals surface area contributed by atoms with Crippen LogP contribution in [-0.4, -0.2) is 17.6 Å². The van der Waals surface area contributed by atoms with Crippen molar-refractivity contribution < 1.29 is 0 Å². The minimum atomic E-state index is 0.548. The smallest absolute Gasteiger partial charge is 0.191 e. The second-order valence-corrected chi connectivity index (χ2v) is 6.85. The van der Waals surface area contributed by atoms with E-state index in [0.717, 1.165) is 24.6 Å². The first kappa shape index (κ1) is 17.2. The largest absolute Gasteiger partial charge is 0.352 e. The Balaban J connectivity index is 1.88. The lowest BCUT2D eigenvalue weighted by atomic mass is 10.3. The van der Waals surface area contributed by atoms with E-state index < -0.39 is 0 Å². The Morgan fingerprint density at radius 3 is 2.45 bits per heavy atom. The van der Waals surface area contributed by atoms with Crippen LogP contribution in [0.25, 0.3) is 0 Å². The van der Waals surface area contributed by atoms with Gasteiger partial charge in [0.05, 0.1) is 18.1 Å². The summed E-state index contributed by atoms with van der Waals surface area (Å²) in [6.07, 6.45) is 1.08. The molecule has 0 aliphatic heterocycles. The highest BCUT2D eigenvalue weighted by Gasteiger charge is 2.09. The first-order valence-electron chi connectivity index (χ1n) is 7.06. The van der Waals surface area contributed by atoms with Gasteiger partial charge < -0.3 is 15.2 Å². The fraction of sp³-hybridized carbons (Fsp3) is 0.400. The highest BCUT2D eigenvalue weighted by molar-refractivity contribution is 7.11. The van der Waals surface area contributed by atoms with Crippen LogP contribution >= 0.6 is 34.5 Å². The molecule has 0 bridgehead atoms. The van der Waals surface area contributed by atoms with Gasteiger partial charge in [-0.25, -0.2) is 0 Å². The minimum absolute atomic E-state index is 0.548. The lowest BCUT2D eigenvalue weighted by Crippen LogP contribution is -2.36. The average Bonchev–Trinajstić information content (AvgIpc) is 3.08. The van der Waals surface area contributed by atoms with E-state index in [1.54, 1.807) is 7.05 Å². The molecule has 0 spiro atoms. The zero-order valence-electron chi connectivity index (χ0n) is 12.9. The second kappa shape index (κ2) is 7.90. The molecule has 0 amide bonds. The van der Waals surface area contributed by atoms with Gasteiger partial charge in [0.25, 0.3) is 0 Å². The zero-order valence-corrected chi connectivity index (χ0v) is 15.2. The number of aryl methyl sites for hydroxylation is 1. The fourth-order valence-electron chi connectivity index (χ4n) is 2.03. The van der Waals surface area contributed by atoms with Crippen LogP contribution in [0, 0.1) is 0 Å². The SMILES string of the molecule is CCc1ccc(CNC(=NC)NCc2cc(Cl)c(Cl)n2C)s1. The average molecular weight is 359 g/mol. The van der Waals surface area contributed by atoms with E-state index in [4.69, 9.17) is 23.2 Å². The van der Waals surface area contributed by atoms with Gasteiger partial charge in [-0.1, -0.05) is 30.1 Å². The third-order valence-electron chi connectivity index (χ3n) is 3.37. The number of rotatable bonds is 5. The van der Waals surface area contributed by atoms with Crippen LogP contribution < -0.4 is 10.6 Å². The summed E-state index contributed by atoms with van der Waals surface area (Å²) in [4.78, 5) is 6.92. The summed E-state index contributed by atoms with van der Waals surface area (Å²) in [5.41, 5.74) is 1.00. The molecule has 0 radical (unpaired) electrons. The maximum Gasteiger partial charge on any atom is 0.191 e. The minimum Gasteiger partial charge on any atom is -0.352 e. The maximum absolute atomic E-state index is 6.06. The Morgan fingerprint density at radius 1 is 1.23 bits per heavy atom. The van der Waals surface area contributed by atoms with Crippen molar-refractivity contribution in [1.29, 1.82) is 0 Å². The lowest BCUT2D eigenvalue weighted by molar-refractivity contribution is 0.752. The van der Waals surface area contributed by atoms with Crippen molar-refractivity contribution in [2.24, 2.45) is 12.0 Å². The summed E-state index contributed by atoms with van der Waals surface area (Å²) in [5.74, 6) is 0.750. The molecule has 2 aromatic rings. The van der Waals surface area contributed by atoms with Crippen LogP contribution in [0.15, 0.2) is 23.2 Å². The van der Waals surface area contributed by atoms with E-state index >= 15 is 0 Å². The van der Waals surface area contributed by atoms with E-state index in [-0.39, 0.29) is 0 Å². The molecular weight excluding hydrogens is 339 g/mol. The quantitative estimate of drug-likeness (QED) is 0.630. The van der Waals surface area contributed by atoms with Gasteiger partial charge in [0.2, 0.25) is 0 Å². The van der Waals surface area contributed by atoms with Crippen LogP contribution in [-0.2, 0) is 26.6 Å². The second-order valence-electron chi connectivity index (χ2n) is 4.83. The third-order valence-corrected chi connectivity index (χ3v) is 5.44. The van der Waals surface area contributed by atoms with Gasteiger partial charge in [0.15, 0.2) is 5.96 Å². The molecule has 7 heteroatoms. The van der Waals surface area contributed by atoms with E-state index in [1.165, 1.54) is 9.75 Å².